The van der Waals surface area contributed by atoms with E-state index in [0.29, 0.717) is 6.42 Å². The summed E-state index contributed by atoms with van der Waals surface area (Å²) in [7, 11) is 1.89. The van der Waals surface area contributed by atoms with Gasteiger partial charge < -0.3 is 5.32 Å². The lowest BCUT2D eigenvalue weighted by atomic mass is 9.92. The number of aromatic nitrogens is 2. The number of nitrogens with one attached hydrogen (secondary N) is 1. The van der Waals surface area contributed by atoms with Gasteiger partial charge in [0.05, 0.1) is 18.2 Å². The highest BCUT2D eigenvalue weighted by Gasteiger charge is 2.24. The fourth-order valence-corrected chi connectivity index (χ4v) is 2.81. The number of carbonyl (C=O) groups is 1. The van der Waals surface area contributed by atoms with E-state index in [-0.39, 0.29) is 11.8 Å². The van der Waals surface area contributed by atoms with Crippen LogP contribution in [0, 0.1) is 6.92 Å². The lowest BCUT2D eigenvalue weighted by molar-refractivity contribution is -0.120. The standard InChI is InChI=1S/C16H19N3O/c1-11-7-14(19(2)18-11)9-16(20)15-8-12-5-3-4-6-13(12)10-17-15/h3-7,15,17H,8-10H2,1-2H3. The number of Topliss-reactive ketones (excluding diaryl/α,β-unsaturated/α-hetero) is 1. The maximum Gasteiger partial charge on any atom is 0.156 e. The quantitative estimate of drug-likeness (QED) is 0.919. The number of rotatable bonds is 3. The van der Waals surface area contributed by atoms with Crippen molar-refractivity contribution >= 4 is 5.78 Å². The highest BCUT2D eigenvalue weighted by Crippen LogP contribution is 2.17. The molecule has 0 bridgehead atoms. The summed E-state index contributed by atoms with van der Waals surface area (Å²) < 4.78 is 1.80. The zero-order valence-electron chi connectivity index (χ0n) is 11.9. The number of aryl methyl sites for hydroxylation is 2. The molecule has 0 spiro atoms. The first-order chi connectivity index (χ1) is 9.63. The number of carbonyl (C=O) groups excluding carboxylic acids is 1. The van der Waals surface area contributed by atoms with E-state index in [9.17, 15) is 4.79 Å². The molecule has 0 aliphatic carbocycles. The molecule has 4 heteroatoms. The Hall–Kier alpha value is -1.94. The molecular weight excluding hydrogens is 250 g/mol. The number of benzene rings is 1. The van der Waals surface area contributed by atoms with Gasteiger partial charge in [-0.2, -0.15) is 5.10 Å². The summed E-state index contributed by atoms with van der Waals surface area (Å²) in [5.41, 5.74) is 4.52. The van der Waals surface area contributed by atoms with Gasteiger partial charge in [-0.25, -0.2) is 0 Å². The van der Waals surface area contributed by atoms with E-state index in [4.69, 9.17) is 0 Å². The molecule has 1 atom stereocenters. The van der Waals surface area contributed by atoms with Crippen LogP contribution < -0.4 is 5.32 Å². The van der Waals surface area contributed by atoms with Crippen LogP contribution in [0.25, 0.3) is 0 Å². The van der Waals surface area contributed by atoms with E-state index < -0.39 is 0 Å². The summed E-state index contributed by atoms with van der Waals surface area (Å²) in [5, 5.41) is 7.63. The van der Waals surface area contributed by atoms with Crippen LogP contribution in [0.4, 0.5) is 0 Å². The molecule has 0 saturated carbocycles. The van der Waals surface area contributed by atoms with Crippen molar-refractivity contribution in [3.8, 4) is 0 Å². The van der Waals surface area contributed by atoms with Crippen LogP contribution in [0.15, 0.2) is 30.3 Å². The average Bonchev–Trinajstić information content (AvgIpc) is 2.76. The highest BCUT2D eigenvalue weighted by atomic mass is 16.1. The van der Waals surface area contributed by atoms with E-state index >= 15 is 0 Å². The lowest BCUT2D eigenvalue weighted by Crippen LogP contribution is -2.42. The molecule has 0 amide bonds. The van der Waals surface area contributed by atoms with Crippen molar-refractivity contribution in [3.05, 3.63) is 52.8 Å². The second kappa shape index (κ2) is 5.21. The summed E-state index contributed by atoms with van der Waals surface area (Å²) in [5.74, 6) is 0.238. The Labute approximate surface area is 118 Å². The topological polar surface area (TPSA) is 46.9 Å². The molecular formula is C16H19N3O. The summed E-state index contributed by atoms with van der Waals surface area (Å²) in [6.07, 6.45) is 1.23. The predicted octanol–water partition coefficient (Wildman–Crippen LogP) is 1.55. The minimum absolute atomic E-state index is 0.0832. The van der Waals surface area contributed by atoms with Crippen molar-refractivity contribution in [3.63, 3.8) is 0 Å². The van der Waals surface area contributed by atoms with Gasteiger partial charge in [-0.15, -0.1) is 0 Å². The van der Waals surface area contributed by atoms with Gasteiger partial charge in [-0.1, -0.05) is 24.3 Å². The van der Waals surface area contributed by atoms with Crippen LogP contribution in [0.1, 0.15) is 22.5 Å². The van der Waals surface area contributed by atoms with Crippen LogP contribution in [0.3, 0.4) is 0 Å². The van der Waals surface area contributed by atoms with Gasteiger partial charge in [0.15, 0.2) is 5.78 Å². The molecule has 104 valence electrons. The Bertz CT molecular complexity index is 645. The largest absolute Gasteiger partial charge is 0.303 e. The second-order valence-corrected chi connectivity index (χ2v) is 5.45. The third-order valence-electron chi connectivity index (χ3n) is 3.92. The molecule has 3 rings (SSSR count). The highest BCUT2D eigenvalue weighted by molar-refractivity contribution is 5.86. The fourth-order valence-electron chi connectivity index (χ4n) is 2.81. The predicted molar refractivity (Wildman–Crippen MR) is 77.4 cm³/mol. The van der Waals surface area contributed by atoms with Crippen LogP contribution >= 0.6 is 0 Å². The van der Waals surface area contributed by atoms with E-state index in [2.05, 4.69) is 22.5 Å². The molecule has 4 nitrogen and oxygen atoms in total. The zero-order valence-corrected chi connectivity index (χ0v) is 11.9. The summed E-state index contributed by atoms with van der Waals surface area (Å²) in [6, 6.07) is 10.2. The van der Waals surface area contributed by atoms with Gasteiger partial charge in [0, 0.05) is 19.3 Å². The number of nitrogens with zero attached hydrogens (tertiary/aromatic N) is 2. The van der Waals surface area contributed by atoms with Gasteiger partial charge in [0.1, 0.15) is 0 Å². The fraction of sp³-hybridized carbons (Fsp3) is 0.375. The third-order valence-corrected chi connectivity index (χ3v) is 3.92. The van der Waals surface area contributed by atoms with E-state index in [1.165, 1.54) is 11.1 Å². The van der Waals surface area contributed by atoms with Gasteiger partial charge >= 0.3 is 0 Å². The smallest absolute Gasteiger partial charge is 0.156 e. The first kappa shape index (κ1) is 13.1. The first-order valence-corrected chi connectivity index (χ1v) is 6.96. The number of hydrogen-bond donors (Lipinski definition) is 1. The molecule has 0 saturated heterocycles. The summed E-state index contributed by atoms with van der Waals surface area (Å²) in [4.78, 5) is 12.4. The molecule has 1 unspecified atom stereocenters. The zero-order chi connectivity index (χ0) is 14.1. The number of hydrogen-bond acceptors (Lipinski definition) is 3. The van der Waals surface area contributed by atoms with Gasteiger partial charge in [0.25, 0.3) is 0 Å². The Morgan fingerprint density at radius 3 is 2.85 bits per heavy atom. The molecule has 1 aliphatic rings. The monoisotopic (exact) mass is 269 g/mol. The maximum atomic E-state index is 12.4. The molecule has 1 aromatic heterocycles. The normalized spacial score (nSPS) is 17.8. The minimum Gasteiger partial charge on any atom is -0.303 e. The van der Waals surface area contributed by atoms with Gasteiger partial charge in [0.2, 0.25) is 0 Å². The van der Waals surface area contributed by atoms with Crippen LogP contribution in [-0.4, -0.2) is 21.6 Å². The van der Waals surface area contributed by atoms with Crippen LogP contribution in [0.5, 0.6) is 0 Å². The van der Waals surface area contributed by atoms with Gasteiger partial charge in [-0.05, 0) is 30.5 Å². The van der Waals surface area contributed by atoms with Crippen molar-refractivity contribution in [1.82, 2.24) is 15.1 Å². The Morgan fingerprint density at radius 2 is 2.15 bits per heavy atom. The Balaban J connectivity index is 1.72. The Kier molecular flexibility index (Phi) is 3.40. The number of ketones is 1. The minimum atomic E-state index is -0.0832. The van der Waals surface area contributed by atoms with E-state index in [1.54, 1.807) is 4.68 Å². The van der Waals surface area contributed by atoms with Crippen molar-refractivity contribution in [2.24, 2.45) is 7.05 Å². The van der Waals surface area contributed by atoms with Crippen molar-refractivity contribution in [2.75, 3.05) is 0 Å². The van der Waals surface area contributed by atoms with Crippen molar-refractivity contribution in [2.45, 2.75) is 32.4 Å². The molecule has 0 radical (unpaired) electrons. The molecule has 2 heterocycles. The molecule has 1 N–H and O–H groups in total. The average molecular weight is 269 g/mol. The Morgan fingerprint density at radius 1 is 1.40 bits per heavy atom. The molecule has 20 heavy (non-hydrogen) atoms. The maximum absolute atomic E-state index is 12.4. The van der Waals surface area contributed by atoms with Crippen molar-refractivity contribution < 1.29 is 4.79 Å². The molecule has 1 aliphatic heterocycles. The SMILES string of the molecule is Cc1cc(CC(=O)C2Cc3ccccc3CN2)n(C)n1. The molecule has 0 fully saturated rings. The number of fused-ring (bicyclic) bond motifs is 1. The second-order valence-electron chi connectivity index (χ2n) is 5.45. The summed E-state index contributed by atoms with van der Waals surface area (Å²) in [6.45, 7) is 2.72. The third kappa shape index (κ3) is 2.51. The van der Waals surface area contributed by atoms with Crippen molar-refractivity contribution in [1.29, 1.82) is 0 Å². The van der Waals surface area contributed by atoms with Crippen LogP contribution in [0.2, 0.25) is 0 Å². The van der Waals surface area contributed by atoms with E-state index in [0.717, 1.165) is 24.4 Å². The molecule has 2 aromatic rings. The van der Waals surface area contributed by atoms with Crippen LogP contribution in [-0.2, 0) is 31.2 Å². The first-order valence-electron chi connectivity index (χ1n) is 6.96. The van der Waals surface area contributed by atoms with Gasteiger partial charge in [-0.3, -0.25) is 9.48 Å². The van der Waals surface area contributed by atoms with E-state index in [1.807, 2.05) is 32.2 Å². The molecule has 1 aromatic carbocycles. The summed E-state index contributed by atoms with van der Waals surface area (Å²) >= 11 is 0. The lowest BCUT2D eigenvalue weighted by Gasteiger charge is -2.25.